The first-order valence-electron chi connectivity index (χ1n) is 11.6. The zero-order valence-electron chi connectivity index (χ0n) is 20.0. The summed E-state index contributed by atoms with van der Waals surface area (Å²) in [6, 6.07) is 15.2. The fraction of sp³-hybridized carbons (Fsp3) is 0.360. The van der Waals surface area contributed by atoms with E-state index < -0.39 is 0 Å². The third-order valence-corrected chi connectivity index (χ3v) is 6.85. The number of piperidine rings is 1. The van der Waals surface area contributed by atoms with E-state index in [2.05, 4.69) is 37.9 Å². The zero-order valence-corrected chi connectivity index (χ0v) is 20.8. The Morgan fingerprint density at radius 3 is 2.46 bits per heavy atom. The highest BCUT2D eigenvalue weighted by atomic mass is 32.2. The van der Waals surface area contributed by atoms with Crippen LogP contribution in [0.5, 0.6) is 5.75 Å². The number of benzene rings is 2. The van der Waals surface area contributed by atoms with Crippen LogP contribution in [0.15, 0.2) is 53.7 Å². The summed E-state index contributed by atoms with van der Waals surface area (Å²) in [5.41, 5.74) is 2.55. The molecule has 0 saturated carbocycles. The van der Waals surface area contributed by atoms with Crippen molar-refractivity contribution in [2.75, 3.05) is 41.5 Å². The Hall–Kier alpha value is -3.53. The molecular weight excluding hydrogens is 464 g/mol. The number of nitrogens with one attached hydrogen (secondary N) is 2. The number of methoxy groups -OCH3 is 1. The van der Waals surface area contributed by atoms with E-state index in [0.29, 0.717) is 22.4 Å². The second kappa shape index (κ2) is 11.7. The lowest BCUT2D eigenvalue weighted by molar-refractivity contribution is -0.116. The van der Waals surface area contributed by atoms with Gasteiger partial charge in [-0.3, -0.25) is 9.59 Å². The lowest BCUT2D eigenvalue weighted by Gasteiger charge is -2.28. The van der Waals surface area contributed by atoms with Gasteiger partial charge in [0.15, 0.2) is 5.16 Å². The van der Waals surface area contributed by atoms with Gasteiger partial charge >= 0.3 is 0 Å². The molecule has 0 radical (unpaired) electrons. The molecular formula is C25H30N6O3S. The van der Waals surface area contributed by atoms with Gasteiger partial charge in [0.2, 0.25) is 11.8 Å². The Labute approximate surface area is 209 Å². The first-order valence-corrected chi connectivity index (χ1v) is 12.6. The summed E-state index contributed by atoms with van der Waals surface area (Å²) >= 11 is 1.28. The van der Waals surface area contributed by atoms with Crippen LogP contribution in [-0.2, 0) is 23.1 Å². The maximum Gasteiger partial charge on any atom is 0.234 e. The molecule has 0 spiro atoms. The van der Waals surface area contributed by atoms with E-state index in [4.69, 9.17) is 4.74 Å². The summed E-state index contributed by atoms with van der Waals surface area (Å²) in [7, 11) is 3.34. The van der Waals surface area contributed by atoms with Crippen LogP contribution < -0.4 is 20.3 Å². The highest BCUT2D eigenvalue weighted by Crippen LogP contribution is 2.24. The largest absolute Gasteiger partial charge is 0.495 e. The molecule has 2 aromatic carbocycles. The lowest BCUT2D eigenvalue weighted by Crippen LogP contribution is -2.29. The molecule has 2 heterocycles. The Kier molecular flexibility index (Phi) is 8.25. The predicted molar refractivity (Wildman–Crippen MR) is 138 cm³/mol. The first kappa shape index (κ1) is 24.6. The van der Waals surface area contributed by atoms with Gasteiger partial charge in [0.1, 0.15) is 11.6 Å². The monoisotopic (exact) mass is 494 g/mol. The van der Waals surface area contributed by atoms with Crippen molar-refractivity contribution in [2.45, 2.75) is 30.8 Å². The van der Waals surface area contributed by atoms with Crippen molar-refractivity contribution in [3.05, 3.63) is 54.4 Å². The second-order valence-corrected chi connectivity index (χ2v) is 9.26. The van der Waals surface area contributed by atoms with Crippen LogP contribution in [0.3, 0.4) is 0 Å². The lowest BCUT2D eigenvalue weighted by atomic mass is 10.1. The summed E-state index contributed by atoms with van der Waals surface area (Å²) in [5, 5.41) is 14.6. The maximum atomic E-state index is 12.5. The summed E-state index contributed by atoms with van der Waals surface area (Å²) in [6.45, 7) is 2.17. The van der Waals surface area contributed by atoms with Crippen molar-refractivity contribution in [1.82, 2.24) is 14.8 Å². The molecule has 35 heavy (non-hydrogen) atoms. The van der Waals surface area contributed by atoms with Gasteiger partial charge in [0.25, 0.3) is 0 Å². The second-order valence-electron chi connectivity index (χ2n) is 8.31. The first-order chi connectivity index (χ1) is 17.0. The molecule has 9 nitrogen and oxygen atoms in total. The molecule has 2 N–H and O–H groups in total. The minimum Gasteiger partial charge on any atom is -0.495 e. The van der Waals surface area contributed by atoms with Crippen LogP contribution in [0, 0.1) is 0 Å². The highest BCUT2D eigenvalue weighted by Gasteiger charge is 2.16. The number of carbonyl (C=O) groups excluding carboxylic acids is 2. The number of carbonyl (C=O) groups is 2. The number of thioether (sulfide) groups is 1. The minimum atomic E-state index is -0.229. The molecule has 3 aromatic rings. The topological polar surface area (TPSA) is 101 Å². The van der Waals surface area contributed by atoms with Crippen molar-refractivity contribution in [2.24, 2.45) is 7.05 Å². The smallest absolute Gasteiger partial charge is 0.234 e. The molecule has 2 amide bonds. The van der Waals surface area contributed by atoms with E-state index in [1.165, 1.54) is 36.7 Å². The average molecular weight is 495 g/mol. The molecule has 184 valence electrons. The number of anilines is 3. The van der Waals surface area contributed by atoms with E-state index in [1.54, 1.807) is 30.9 Å². The number of hydrogen-bond acceptors (Lipinski definition) is 7. The fourth-order valence-electron chi connectivity index (χ4n) is 3.95. The number of hydrogen-bond donors (Lipinski definition) is 2. The van der Waals surface area contributed by atoms with Gasteiger partial charge in [-0.1, -0.05) is 23.9 Å². The Bertz CT molecular complexity index is 1160. The van der Waals surface area contributed by atoms with Gasteiger partial charge in [-0.25, -0.2) is 0 Å². The van der Waals surface area contributed by atoms with E-state index in [9.17, 15) is 9.59 Å². The van der Waals surface area contributed by atoms with Crippen molar-refractivity contribution >= 4 is 40.6 Å². The van der Waals surface area contributed by atoms with Crippen molar-refractivity contribution in [3.63, 3.8) is 0 Å². The molecule has 10 heteroatoms. The van der Waals surface area contributed by atoms with Gasteiger partial charge in [-0.2, -0.15) is 0 Å². The standard InChI is InChI=1S/C25H30N6O3S/c1-30-22(16-23(32)27-20-8-4-5-9-21(20)34-2)28-29-25(30)35-17-24(33)26-18-10-12-19(13-11-18)31-14-6-3-7-15-31/h4-5,8-13H,3,6-7,14-17H2,1-2H3,(H,26,33)(H,27,32). The van der Waals surface area contributed by atoms with Gasteiger partial charge in [0, 0.05) is 31.5 Å². The van der Waals surface area contributed by atoms with Crippen LogP contribution in [0.2, 0.25) is 0 Å². The molecule has 0 atom stereocenters. The van der Waals surface area contributed by atoms with Crippen molar-refractivity contribution in [1.29, 1.82) is 0 Å². The van der Waals surface area contributed by atoms with Crippen LogP contribution in [0.4, 0.5) is 17.1 Å². The summed E-state index contributed by atoms with van der Waals surface area (Å²) in [5.74, 6) is 0.926. The number of rotatable bonds is 9. The summed E-state index contributed by atoms with van der Waals surface area (Å²) < 4.78 is 6.99. The SMILES string of the molecule is COc1ccccc1NC(=O)Cc1nnc(SCC(=O)Nc2ccc(N3CCCCC3)cc2)n1C. The number of nitrogens with zero attached hydrogens (tertiary/aromatic N) is 4. The van der Waals surface area contributed by atoms with Crippen molar-refractivity contribution < 1.29 is 14.3 Å². The van der Waals surface area contributed by atoms with Gasteiger partial charge < -0.3 is 24.8 Å². The highest BCUT2D eigenvalue weighted by molar-refractivity contribution is 7.99. The Morgan fingerprint density at radius 2 is 1.71 bits per heavy atom. The Balaban J connectivity index is 1.26. The predicted octanol–water partition coefficient (Wildman–Crippen LogP) is 3.73. The fourth-order valence-corrected chi connectivity index (χ4v) is 4.68. The summed E-state index contributed by atoms with van der Waals surface area (Å²) in [6.07, 6.45) is 3.81. The number of ether oxygens (including phenoxy) is 1. The summed E-state index contributed by atoms with van der Waals surface area (Å²) in [4.78, 5) is 27.3. The third-order valence-electron chi connectivity index (χ3n) is 5.83. The normalized spacial score (nSPS) is 13.4. The molecule has 0 unspecified atom stereocenters. The average Bonchev–Trinajstić information content (AvgIpc) is 3.22. The van der Waals surface area contributed by atoms with Crippen molar-refractivity contribution in [3.8, 4) is 5.75 Å². The van der Waals surface area contributed by atoms with Gasteiger partial charge in [-0.05, 0) is 55.7 Å². The van der Waals surface area contributed by atoms with E-state index >= 15 is 0 Å². The quantitative estimate of drug-likeness (QED) is 0.437. The number of aromatic nitrogens is 3. The molecule has 4 rings (SSSR count). The maximum absolute atomic E-state index is 12.5. The molecule has 1 saturated heterocycles. The van der Waals surface area contributed by atoms with Gasteiger partial charge in [-0.15, -0.1) is 10.2 Å². The Morgan fingerprint density at radius 1 is 0.971 bits per heavy atom. The van der Waals surface area contributed by atoms with Gasteiger partial charge in [0.05, 0.1) is 25.0 Å². The van der Waals surface area contributed by atoms with E-state index in [0.717, 1.165) is 18.8 Å². The molecule has 0 aliphatic carbocycles. The van der Waals surface area contributed by atoms with E-state index in [-0.39, 0.29) is 24.0 Å². The van der Waals surface area contributed by atoms with Crippen LogP contribution in [-0.4, -0.2) is 52.5 Å². The zero-order chi connectivity index (χ0) is 24.6. The minimum absolute atomic E-state index is 0.0532. The molecule has 1 aliphatic rings. The number of para-hydroxylation sites is 2. The van der Waals surface area contributed by atoms with Crippen LogP contribution in [0.25, 0.3) is 0 Å². The number of amides is 2. The molecule has 1 fully saturated rings. The van der Waals surface area contributed by atoms with Crippen LogP contribution >= 0.6 is 11.8 Å². The molecule has 1 aromatic heterocycles. The van der Waals surface area contributed by atoms with E-state index in [1.807, 2.05) is 24.3 Å². The third kappa shape index (κ3) is 6.54. The van der Waals surface area contributed by atoms with Crippen LogP contribution in [0.1, 0.15) is 25.1 Å². The molecule has 1 aliphatic heterocycles. The molecule has 0 bridgehead atoms.